The van der Waals surface area contributed by atoms with E-state index >= 15 is 0 Å². The molecule has 1 fully saturated rings. The van der Waals surface area contributed by atoms with E-state index in [4.69, 9.17) is 16.6 Å². The predicted molar refractivity (Wildman–Crippen MR) is 114 cm³/mol. The van der Waals surface area contributed by atoms with E-state index in [0.29, 0.717) is 17.4 Å². The number of anilines is 2. The molecule has 0 atom stereocenters. The highest BCUT2D eigenvalue weighted by molar-refractivity contribution is 6.30. The Morgan fingerprint density at radius 2 is 1.93 bits per heavy atom. The molecule has 3 rings (SSSR count). The smallest absolute Gasteiger partial charge is 0.225 e. The number of hydrogen-bond acceptors (Lipinski definition) is 5. The fourth-order valence-corrected chi connectivity index (χ4v) is 3.43. The lowest BCUT2D eigenvalue weighted by Crippen LogP contribution is -2.47. The van der Waals surface area contributed by atoms with Crippen molar-refractivity contribution in [2.24, 2.45) is 0 Å². The standard InChI is InChI=1S/C21H28ClN5O/c1-15(2)21-23-16(3)13-19(25-21)27-11-9-26(10-12-27)8-7-20(28)24-18-6-4-5-17(22)14-18/h4-6,13-15H,7-12H2,1-3H3,(H,24,28). The Balaban J connectivity index is 1.47. The van der Waals surface area contributed by atoms with Crippen LogP contribution < -0.4 is 10.2 Å². The molecule has 0 bridgehead atoms. The highest BCUT2D eigenvalue weighted by Gasteiger charge is 2.20. The number of rotatable bonds is 6. The summed E-state index contributed by atoms with van der Waals surface area (Å²) in [4.78, 5) is 26.1. The molecule has 0 spiro atoms. The number of aryl methyl sites for hydroxylation is 1. The van der Waals surface area contributed by atoms with Crippen molar-refractivity contribution in [3.05, 3.63) is 46.9 Å². The van der Waals surface area contributed by atoms with Crippen molar-refractivity contribution >= 4 is 29.0 Å². The van der Waals surface area contributed by atoms with Crippen molar-refractivity contribution in [2.45, 2.75) is 33.1 Å². The highest BCUT2D eigenvalue weighted by Crippen LogP contribution is 2.19. The van der Waals surface area contributed by atoms with Crippen LogP contribution in [0.2, 0.25) is 5.02 Å². The van der Waals surface area contributed by atoms with Gasteiger partial charge in [-0.15, -0.1) is 0 Å². The average Bonchev–Trinajstić information content (AvgIpc) is 2.66. The lowest BCUT2D eigenvalue weighted by molar-refractivity contribution is -0.116. The lowest BCUT2D eigenvalue weighted by Gasteiger charge is -2.35. The molecule has 1 aromatic heterocycles. The second-order valence-corrected chi connectivity index (χ2v) is 7.95. The van der Waals surface area contributed by atoms with Gasteiger partial charge in [-0.1, -0.05) is 31.5 Å². The molecule has 0 saturated carbocycles. The van der Waals surface area contributed by atoms with Crippen LogP contribution in [0.1, 0.15) is 37.7 Å². The Bertz CT molecular complexity index is 818. The Hall–Kier alpha value is -2.18. The number of aromatic nitrogens is 2. The van der Waals surface area contributed by atoms with Crippen LogP contribution in [0.4, 0.5) is 11.5 Å². The highest BCUT2D eigenvalue weighted by atomic mass is 35.5. The van der Waals surface area contributed by atoms with E-state index in [0.717, 1.165) is 55.7 Å². The van der Waals surface area contributed by atoms with E-state index in [1.165, 1.54) is 0 Å². The molecule has 1 N–H and O–H groups in total. The third-order valence-electron chi connectivity index (χ3n) is 4.83. The Labute approximate surface area is 171 Å². The number of hydrogen-bond donors (Lipinski definition) is 1. The van der Waals surface area contributed by atoms with Crippen molar-refractivity contribution in [2.75, 3.05) is 42.9 Å². The minimum Gasteiger partial charge on any atom is -0.354 e. The van der Waals surface area contributed by atoms with Crippen molar-refractivity contribution in [1.82, 2.24) is 14.9 Å². The first kappa shape index (κ1) is 20.6. The zero-order chi connectivity index (χ0) is 20.1. The summed E-state index contributed by atoms with van der Waals surface area (Å²) < 4.78 is 0. The lowest BCUT2D eigenvalue weighted by atomic mass is 10.2. The fourth-order valence-electron chi connectivity index (χ4n) is 3.24. The third kappa shape index (κ3) is 5.66. The van der Waals surface area contributed by atoms with E-state index in [9.17, 15) is 4.79 Å². The maximum atomic E-state index is 12.2. The van der Waals surface area contributed by atoms with Gasteiger partial charge in [-0.05, 0) is 25.1 Å². The summed E-state index contributed by atoms with van der Waals surface area (Å²) in [5, 5.41) is 3.52. The van der Waals surface area contributed by atoms with Crippen LogP contribution in [0, 0.1) is 6.92 Å². The monoisotopic (exact) mass is 401 g/mol. The number of nitrogens with one attached hydrogen (secondary N) is 1. The summed E-state index contributed by atoms with van der Waals surface area (Å²) in [6.07, 6.45) is 0.469. The molecule has 0 unspecified atom stereocenters. The van der Waals surface area contributed by atoms with Crippen molar-refractivity contribution in [3.8, 4) is 0 Å². The number of piperazine rings is 1. The van der Waals surface area contributed by atoms with Gasteiger partial charge in [0.15, 0.2) is 0 Å². The number of carbonyl (C=O) groups is 1. The van der Waals surface area contributed by atoms with Crippen LogP contribution in [0.3, 0.4) is 0 Å². The Morgan fingerprint density at radius 1 is 1.18 bits per heavy atom. The van der Waals surface area contributed by atoms with E-state index < -0.39 is 0 Å². The molecule has 1 amide bonds. The van der Waals surface area contributed by atoms with Gasteiger partial charge >= 0.3 is 0 Å². The van der Waals surface area contributed by atoms with Gasteiger partial charge < -0.3 is 10.2 Å². The van der Waals surface area contributed by atoms with E-state index in [1.807, 2.05) is 19.1 Å². The van der Waals surface area contributed by atoms with Crippen molar-refractivity contribution < 1.29 is 4.79 Å². The second kappa shape index (κ2) is 9.34. The van der Waals surface area contributed by atoms with E-state index in [1.54, 1.807) is 12.1 Å². The maximum Gasteiger partial charge on any atom is 0.225 e. The summed E-state index contributed by atoms with van der Waals surface area (Å²) in [6, 6.07) is 9.28. The van der Waals surface area contributed by atoms with Crippen molar-refractivity contribution in [1.29, 1.82) is 0 Å². The van der Waals surface area contributed by atoms with Gasteiger partial charge in [0.05, 0.1) is 0 Å². The molecule has 150 valence electrons. The molecular weight excluding hydrogens is 374 g/mol. The molecule has 2 aromatic rings. The van der Waals surface area contributed by atoms with Gasteiger partial charge in [0.2, 0.25) is 5.91 Å². The molecular formula is C21H28ClN5O. The molecule has 1 aliphatic heterocycles. The summed E-state index contributed by atoms with van der Waals surface area (Å²) >= 11 is 5.95. The number of nitrogens with zero attached hydrogens (tertiary/aromatic N) is 4. The van der Waals surface area contributed by atoms with E-state index in [2.05, 4.69) is 40.0 Å². The summed E-state index contributed by atoms with van der Waals surface area (Å²) in [7, 11) is 0. The maximum absolute atomic E-state index is 12.2. The zero-order valence-corrected chi connectivity index (χ0v) is 17.5. The van der Waals surface area contributed by atoms with Gasteiger partial charge in [-0.3, -0.25) is 9.69 Å². The van der Waals surface area contributed by atoms with Crippen LogP contribution in [0.5, 0.6) is 0 Å². The van der Waals surface area contributed by atoms with Gasteiger partial charge in [0.25, 0.3) is 0 Å². The molecule has 7 heteroatoms. The minimum atomic E-state index is 0.0118. The molecule has 2 heterocycles. The van der Waals surface area contributed by atoms with Gasteiger partial charge in [-0.2, -0.15) is 0 Å². The van der Waals surface area contributed by atoms with Gasteiger partial charge in [0, 0.05) is 67.5 Å². The number of amides is 1. The minimum absolute atomic E-state index is 0.0118. The Kier molecular flexibility index (Phi) is 6.86. The number of benzene rings is 1. The molecule has 1 aromatic carbocycles. The zero-order valence-electron chi connectivity index (χ0n) is 16.8. The summed E-state index contributed by atoms with van der Waals surface area (Å²) in [5.74, 6) is 2.24. The topological polar surface area (TPSA) is 61.4 Å². The molecule has 1 aliphatic rings. The Morgan fingerprint density at radius 3 is 2.61 bits per heavy atom. The summed E-state index contributed by atoms with van der Waals surface area (Å²) in [5.41, 5.74) is 1.75. The second-order valence-electron chi connectivity index (χ2n) is 7.52. The first-order valence-corrected chi connectivity index (χ1v) is 10.2. The fraction of sp³-hybridized carbons (Fsp3) is 0.476. The van der Waals surface area contributed by atoms with Gasteiger partial charge in [-0.25, -0.2) is 9.97 Å². The predicted octanol–water partition coefficient (Wildman–Crippen LogP) is 3.71. The number of halogens is 1. The quantitative estimate of drug-likeness (QED) is 0.799. The molecule has 1 saturated heterocycles. The number of carbonyl (C=O) groups excluding carboxylic acids is 1. The first-order chi connectivity index (χ1) is 13.4. The molecule has 28 heavy (non-hydrogen) atoms. The average molecular weight is 402 g/mol. The van der Waals surface area contributed by atoms with Crippen LogP contribution in [0.15, 0.2) is 30.3 Å². The normalized spacial score (nSPS) is 15.1. The van der Waals surface area contributed by atoms with Crippen LogP contribution in [-0.2, 0) is 4.79 Å². The van der Waals surface area contributed by atoms with Crippen LogP contribution >= 0.6 is 11.6 Å². The van der Waals surface area contributed by atoms with Crippen molar-refractivity contribution in [3.63, 3.8) is 0 Å². The van der Waals surface area contributed by atoms with Crippen LogP contribution in [0.25, 0.3) is 0 Å². The van der Waals surface area contributed by atoms with E-state index in [-0.39, 0.29) is 5.91 Å². The molecule has 0 aliphatic carbocycles. The third-order valence-corrected chi connectivity index (χ3v) is 5.07. The first-order valence-electron chi connectivity index (χ1n) is 9.79. The van der Waals surface area contributed by atoms with Crippen LogP contribution in [-0.4, -0.2) is 53.5 Å². The summed E-state index contributed by atoms with van der Waals surface area (Å²) in [6.45, 7) is 10.7. The molecule has 6 nitrogen and oxygen atoms in total. The molecule has 0 radical (unpaired) electrons. The largest absolute Gasteiger partial charge is 0.354 e. The SMILES string of the molecule is Cc1cc(N2CCN(CCC(=O)Nc3cccc(Cl)c3)CC2)nc(C(C)C)n1. The van der Waals surface area contributed by atoms with Gasteiger partial charge in [0.1, 0.15) is 11.6 Å².